The van der Waals surface area contributed by atoms with Gasteiger partial charge in [-0.1, -0.05) is 83.1 Å². The molecule has 0 saturated heterocycles. The lowest BCUT2D eigenvalue weighted by Crippen LogP contribution is -2.32. The van der Waals surface area contributed by atoms with E-state index in [-0.39, 0.29) is 67.0 Å². The number of nitrogens with zero attached hydrogens (tertiary/aromatic N) is 14. The first kappa shape index (κ1) is 41.2. The van der Waals surface area contributed by atoms with Crippen molar-refractivity contribution in [2.75, 3.05) is 0 Å². The average Bonchev–Trinajstić information content (AvgIpc) is 4.25. The van der Waals surface area contributed by atoms with E-state index in [0.717, 1.165) is 96.9 Å². The Morgan fingerprint density at radius 3 is 0.847 bits per heavy atom. The van der Waals surface area contributed by atoms with E-state index in [1.165, 1.54) is 0 Å². The Balaban J connectivity index is 1.02. The Labute approximate surface area is 415 Å². The third-order valence-electron chi connectivity index (χ3n) is 23.5. The largest absolute Gasteiger partial charge is 0.321 e. The molecule has 8 atom stereocenters. The monoisotopic (exact) mass is 955 g/mol. The maximum Gasteiger partial charge on any atom is 0.184 e. The van der Waals surface area contributed by atoms with E-state index in [4.69, 9.17) is 69.8 Å². The molecule has 2 aliphatic heterocycles. The van der Waals surface area contributed by atoms with Crippen LogP contribution in [0.3, 0.4) is 0 Å². The number of aromatic nitrogens is 16. The third-order valence-corrected chi connectivity index (χ3v) is 23.5. The molecule has 7 aromatic rings. The second kappa shape index (κ2) is 11.7. The highest BCUT2D eigenvalue weighted by Gasteiger charge is 2.65. The van der Waals surface area contributed by atoms with Crippen molar-refractivity contribution in [3.63, 3.8) is 0 Å². The van der Waals surface area contributed by atoms with Crippen LogP contribution in [0, 0.1) is 21.7 Å². The number of H-pyrrole nitrogens is 2. The summed E-state index contributed by atoms with van der Waals surface area (Å²) in [4.78, 5) is 84.1. The Morgan fingerprint density at radius 1 is 0.292 bits per heavy atom. The van der Waals surface area contributed by atoms with Crippen molar-refractivity contribution in [2.24, 2.45) is 21.7 Å². The first-order valence-electron chi connectivity index (χ1n) is 26.6. The molecule has 8 unspecified atom stereocenters. The molecular weight excluding hydrogens is 897 g/mol. The molecule has 0 radical (unpaired) electrons. The van der Waals surface area contributed by atoms with Crippen LogP contribution in [-0.2, 0) is 21.7 Å². The summed E-state index contributed by atoms with van der Waals surface area (Å²) in [5.41, 5.74) is 14.6. The van der Waals surface area contributed by atoms with Crippen LogP contribution in [-0.4, -0.2) is 79.7 Å². The molecular formula is C56H58N16. The second-order valence-electron chi connectivity index (χ2n) is 26.8. The minimum absolute atomic E-state index is 0.0173. The molecule has 4 fully saturated rings. The maximum absolute atomic E-state index is 5.58. The minimum atomic E-state index is -0.149. The Bertz CT molecular complexity index is 3770. The zero-order chi connectivity index (χ0) is 49.1. The van der Waals surface area contributed by atoms with Gasteiger partial charge >= 0.3 is 0 Å². The Morgan fingerprint density at radius 2 is 0.542 bits per heavy atom. The van der Waals surface area contributed by atoms with Gasteiger partial charge in [-0.25, -0.2) is 69.8 Å². The van der Waals surface area contributed by atoms with E-state index in [1.54, 1.807) is 0 Å². The van der Waals surface area contributed by atoms with Crippen molar-refractivity contribution in [2.45, 2.75) is 180 Å². The zero-order valence-corrected chi connectivity index (χ0v) is 43.2. The normalized spacial score (nSPS) is 32.9. The van der Waals surface area contributed by atoms with Gasteiger partial charge in [-0.3, -0.25) is 0 Å². The lowest BCUT2D eigenvalue weighted by molar-refractivity contribution is 0.227. The summed E-state index contributed by atoms with van der Waals surface area (Å²) in [7, 11) is 0. The fourth-order valence-electron chi connectivity index (χ4n) is 17.2. The fraction of sp³-hybridized carbons (Fsp3) is 0.571. The van der Waals surface area contributed by atoms with Crippen LogP contribution >= 0.6 is 0 Å². The van der Waals surface area contributed by atoms with Crippen LogP contribution in [0.5, 0.6) is 0 Å². The summed E-state index contributed by atoms with van der Waals surface area (Å²) in [5, 5.41) is 0. The lowest BCUT2D eigenvalue weighted by Gasteiger charge is -2.34. The van der Waals surface area contributed by atoms with Crippen LogP contribution in [0.2, 0.25) is 0 Å². The van der Waals surface area contributed by atoms with Gasteiger partial charge < -0.3 is 9.97 Å². The van der Waals surface area contributed by atoms with Crippen molar-refractivity contribution < 1.29 is 0 Å². The molecule has 0 amide bonds. The zero-order valence-electron chi connectivity index (χ0n) is 43.2. The maximum atomic E-state index is 5.58. The number of hydrogen-bond acceptors (Lipinski definition) is 14. The highest BCUT2D eigenvalue weighted by molar-refractivity contribution is 6.01. The highest BCUT2D eigenvalue weighted by atomic mass is 15.1. The third kappa shape index (κ3) is 4.14. The summed E-state index contributed by atoms with van der Waals surface area (Å²) in [6.07, 6.45) is 8.47. The summed E-state index contributed by atoms with van der Waals surface area (Å²) < 4.78 is 0. The first-order chi connectivity index (χ1) is 34.1. The van der Waals surface area contributed by atoms with Crippen LogP contribution in [0.25, 0.3) is 90.7 Å². The molecule has 16 bridgehead atoms. The van der Waals surface area contributed by atoms with Gasteiger partial charge in [0.2, 0.25) is 0 Å². The molecule has 16 heteroatoms. The lowest BCUT2D eigenvalue weighted by atomic mass is 9.70. The van der Waals surface area contributed by atoms with Gasteiger partial charge in [0.05, 0.1) is 45.6 Å². The summed E-state index contributed by atoms with van der Waals surface area (Å²) in [5.74, 6) is 2.72. The Kier molecular flexibility index (Phi) is 6.70. The van der Waals surface area contributed by atoms with E-state index in [2.05, 4.69) is 93.1 Å². The number of rotatable bonds is 0. The molecule has 8 aliphatic carbocycles. The van der Waals surface area contributed by atoms with Crippen LogP contribution in [0.1, 0.15) is 204 Å². The first-order valence-corrected chi connectivity index (χ1v) is 26.6. The van der Waals surface area contributed by atoms with Gasteiger partial charge in [-0.05, 0) is 73.0 Å². The van der Waals surface area contributed by atoms with Crippen molar-refractivity contribution in [3.8, 4) is 46.1 Å². The molecule has 17 rings (SSSR count). The number of nitrogens with one attached hydrogen (secondary N) is 2. The molecule has 4 saturated carbocycles. The quantitative estimate of drug-likeness (QED) is 0.145. The van der Waals surface area contributed by atoms with E-state index in [9.17, 15) is 0 Å². The van der Waals surface area contributed by atoms with Gasteiger partial charge in [0, 0.05) is 45.3 Å². The topological polar surface area (TPSA) is 212 Å². The van der Waals surface area contributed by atoms with E-state index in [1.807, 2.05) is 0 Å². The average molecular weight is 955 g/mol. The molecule has 72 heavy (non-hydrogen) atoms. The summed E-state index contributed by atoms with van der Waals surface area (Å²) >= 11 is 0. The number of hydrogen-bond donors (Lipinski definition) is 2. The van der Waals surface area contributed by atoms with Crippen LogP contribution in [0.15, 0.2) is 0 Å². The van der Waals surface area contributed by atoms with Crippen molar-refractivity contribution in [3.05, 3.63) is 45.6 Å². The fourth-order valence-corrected chi connectivity index (χ4v) is 17.2. The minimum Gasteiger partial charge on any atom is -0.321 e. The molecule has 2 N–H and O–H groups in total. The summed E-state index contributed by atoms with van der Waals surface area (Å²) in [6.45, 7) is 28.4. The molecule has 0 aromatic carbocycles. The standard InChI is InChI=1S/C56H58N16/c1-49(2)21-13-17-53(49,9)37-25(21)57-29-33(61-37)45-65-41(29)69-46-34-31(59-27-23-15-18-54(10,38(27)62-34)51(23,5)6)43(67-46)71-48-36-32(60-28-24-16-20-56(12,40(28)64-36)52(24,7)8)44(68-48)72-47-35-30(42(66-47)70-45)58-26-22-14-19-55(11,39(26)63-35)50(22,3)4/h21-24H,13-20H2,1-12H3,(H2,65,66,67,68,69,70,71,72). The van der Waals surface area contributed by atoms with Crippen molar-refractivity contribution in [1.82, 2.24) is 79.7 Å². The SMILES string of the molecule is CC12CCC(c3nc4c(nc31)-c1nc-4nc3[nH]c(nc4nc(nc5[nH]c(n1)c1nc6c(nc51)C1(C)CCC6C1(C)C)-c1nc5c(nc1-4)C1(C)CCC5C1(C)C)c1nc4c(nc31)C1(C)CCC4C1(C)C)C2(C)C. The molecule has 362 valence electrons. The van der Waals surface area contributed by atoms with Gasteiger partial charge in [0.25, 0.3) is 0 Å². The van der Waals surface area contributed by atoms with Gasteiger partial charge in [-0.15, -0.1) is 0 Å². The highest BCUT2D eigenvalue weighted by Crippen LogP contribution is 2.70. The number of fused-ring (bicyclic) bond motifs is 40. The van der Waals surface area contributed by atoms with Crippen molar-refractivity contribution >= 4 is 44.7 Å². The summed E-state index contributed by atoms with van der Waals surface area (Å²) in [6, 6.07) is 0. The number of aromatic amines is 2. The molecule has 0 spiro atoms. The van der Waals surface area contributed by atoms with E-state index < -0.39 is 0 Å². The van der Waals surface area contributed by atoms with Crippen molar-refractivity contribution in [1.29, 1.82) is 0 Å². The molecule has 16 nitrogen and oxygen atoms in total. The Hall–Kier alpha value is -6.32. The predicted molar refractivity (Wildman–Crippen MR) is 271 cm³/mol. The van der Waals surface area contributed by atoms with E-state index in [0.29, 0.717) is 90.7 Å². The molecule has 7 aromatic heterocycles. The molecule has 10 aliphatic rings. The van der Waals surface area contributed by atoms with E-state index >= 15 is 0 Å². The second-order valence-corrected chi connectivity index (χ2v) is 26.8. The van der Waals surface area contributed by atoms with Crippen LogP contribution < -0.4 is 0 Å². The van der Waals surface area contributed by atoms with Gasteiger partial charge in [0.1, 0.15) is 44.8 Å². The smallest absolute Gasteiger partial charge is 0.184 e. The predicted octanol–water partition coefficient (Wildman–Crippen LogP) is 10.7. The van der Waals surface area contributed by atoms with Gasteiger partial charge in [-0.2, -0.15) is 0 Å². The molecule has 9 heterocycles. The van der Waals surface area contributed by atoms with Crippen LogP contribution in [0.4, 0.5) is 0 Å². The van der Waals surface area contributed by atoms with Gasteiger partial charge in [0.15, 0.2) is 45.9 Å².